The van der Waals surface area contributed by atoms with Gasteiger partial charge in [0, 0.05) is 24.5 Å². The van der Waals surface area contributed by atoms with E-state index in [0.717, 1.165) is 22.5 Å². The van der Waals surface area contributed by atoms with E-state index in [0.29, 0.717) is 17.3 Å². The lowest BCUT2D eigenvalue weighted by Gasteiger charge is -2.11. The third-order valence-corrected chi connectivity index (χ3v) is 3.02. The molecule has 4 nitrogen and oxygen atoms in total. The number of halogens is 1. The molecular formula is C13H14ClN3O. The number of nitrogens with zero attached hydrogens (tertiary/aromatic N) is 2. The highest BCUT2D eigenvalue weighted by Gasteiger charge is 2.12. The fourth-order valence-corrected chi connectivity index (χ4v) is 2.05. The Hall–Kier alpha value is -1.65. The maximum absolute atomic E-state index is 6.14. The molecule has 0 unspecified atom stereocenters. The first kappa shape index (κ1) is 12.8. The quantitative estimate of drug-likeness (QED) is 0.925. The number of hydrogen-bond donors (Lipinski definition) is 1. The first-order valence-corrected chi connectivity index (χ1v) is 5.89. The summed E-state index contributed by atoms with van der Waals surface area (Å²) in [6.07, 6.45) is 3.28. The Labute approximate surface area is 111 Å². The molecule has 0 aliphatic carbocycles. The Morgan fingerprint density at radius 2 is 2.00 bits per heavy atom. The van der Waals surface area contributed by atoms with E-state index in [4.69, 9.17) is 22.1 Å². The number of nitrogens with two attached hydrogens (primary N) is 1. The van der Waals surface area contributed by atoms with Crippen LogP contribution in [-0.2, 0) is 6.54 Å². The summed E-state index contributed by atoms with van der Waals surface area (Å²) in [6, 6.07) is 3.71. The van der Waals surface area contributed by atoms with Crippen LogP contribution in [0, 0.1) is 6.92 Å². The van der Waals surface area contributed by atoms with Crippen molar-refractivity contribution in [2.75, 3.05) is 7.11 Å². The van der Waals surface area contributed by atoms with Crippen LogP contribution in [0.5, 0.6) is 5.75 Å². The summed E-state index contributed by atoms with van der Waals surface area (Å²) in [4.78, 5) is 8.56. The van der Waals surface area contributed by atoms with E-state index >= 15 is 0 Å². The standard InChI is InChI=1S/C13H14ClN3O/c1-8-5-12(18-2)10(14)6-9(8)13-11(7-15)16-3-4-17-13/h3-6H,7,15H2,1-2H3. The van der Waals surface area contributed by atoms with Crippen molar-refractivity contribution in [1.82, 2.24) is 9.97 Å². The van der Waals surface area contributed by atoms with Gasteiger partial charge in [-0.1, -0.05) is 11.6 Å². The molecule has 2 rings (SSSR count). The Bertz CT molecular complexity index is 572. The molecule has 0 saturated heterocycles. The molecule has 5 heteroatoms. The van der Waals surface area contributed by atoms with Crippen molar-refractivity contribution in [2.24, 2.45) is 5.73 Å². The van der Waals surface area contributed by atoms with Crippen LogP contribution in [0.15, 0.2) is 24.5 Å². The Morgan fingerprint density at radius 1 is 1.28 bits per heavy atom. The molecule has 2 aromatic rings. The van der Waals surface area contributed by atoms with E-state index in [1.54, 1.807) is 19.5 Å². The SMILES string of the molecule is COc1cc(C)c(-c2nccnc2CN)cc1Cl. The lowest BCUT2D eigenvalue weighted by Crippen LogP contribution is -2.04. The largest absolute Gasteiger partial charge is 0.495 e. The molecular weight excluding hydrogens is 250 g/mol. The number of aryl methyl sites for hydroxylation is 1. The molecule has 0 aliphatic rings. The molecule has 1 aromatic heterocycles. The number of rotatable bonds is 3. The normalized spacial score (nSPS) is 10.4. The van der Waals surface area contributed by atoms with Gasteiger partial charge in [-0.25, -0.2) is 0 Å². The topological polar surface area (TPSA) is 61.0 Å². The molecule has 2 N–H and O–H groups in total. The molecule has 0 aliphatic heterocycles. The van der Waals surface area contributed by atoms with Crippen LogP contribution in [0.2, 0.25) is 5.02 Å². The molecule has 0 spiro atoms. The Morgan fingerprint density at radius 3 is 2.67 bits per heavy atom. The highest BCUT2D eigenvalue weighted by molar-refractivity contribution is 6.32. The number of ether oxygens (including phenoxy) is 1. The summed E-state index contributed by atoms with van der Waals surface area (Å²) in [5.41, 5.74) is 9.13. The van der Waals surface area contributed by atoms with Crippen LogP contribution in [-0.4, -0.2) is 17.1 Å². The van der Waals surface area contributed by atoms with Gasteiger partial charge in [-0.3, -0.25) is 9.97 Å². The molecule has 18 heavy (non-hydrogen) atoms. The smallest absolute Gasteiger partial charge is 0.137 e. The fourth-order valence-electron chi connectivity index (χ4n) is 1.81. The van der Waals surface area contributed by atoms with Gasteiger partial charge < -0.3 is 10.5 Å². The van der Waals surface area contributed by atoms with Crippen LogP contribution in [0.3, 0.4) is 0 Å². The minimum absolute atomic E-state index is 0.340. The Balaban J connectivity index is 2.61. The Kier molecular flexibility index (Phi) is 3.79. The van der Waals surface area contributed by atoms with Crippen molar-refractivity contribution < 1.29 is 4.74 Å². The van der Waals surface area contributed by atoms with E-state index in [9.17, 15) is 0 Å². The summed E-state index contributed by atoms with van der Waals surface area (Å²) in [5.74, 6) is 0.649. The van der Waals surface area contributed by atoms with Gasteiger partial charge in [0.1, 0.15) is 5.75 Å². The van der Waals surface area contributed by atoms with Crippen LogP contribution in [0.25, 0.3) is 11.3 Å². The molecule has 94 valence electrons. The minimum Gasteiger partial charge on any atom is -0.495 e. The monoisotopic (exact) mass is 263 g/mol. The number of methoxy groups -OCH3 is 1. The highest BCUT2D eigenvalue weighted by Crippen LogP contribution is 2.33. The zero-order valence-corrected chi connectivity index (χ0v) is 11.0. The average Bonchev–Trinajstić information content (AvgIpc) is 2.41. The van der Waals surface area contributed by atoms with Crippen molar-refractivity contribution in [3.63, 3.8) is 0 Å². The molecule has 1 heterocycles. The van der Waals surface area contributed by atoms with E-state index in [-0.39, 0.29) is 0 Å². The molecule has 0 bridgehead atoms. The summed E-state index contributed by atoms with van der Waals surface area (Å²) in [5, 5.41) is 0.548. The third-order valence-electron chi connectivity index (χ3n) is 2.72. The van der Waals surface area contributed by atoms with Gasteiger partial charge in [0.2, 0.25) is 0 Å². The van der Waals surface area contributed by atoms with E-state index in [1.807, 2.05) is 19.1 Å². The minimum atomic E-state index is 0.340. The summed E-state index contributed by atoms with van der Waals surface area (Å²) < 4.78 is 5.18. The van der Waals surface area contributed by atoms with E-state index in [1.165, 1.54) is 0 Å². The van der Waals surface area contributed by atoms with Crippen molar-refractivity contribution >= 4 is 11.6 Å². The van der Waals surface area contributed by atoms with Crippen molar-refractivity contribution in [3.8, 4) is 17.0 Å². The second kappa shape index (κ2) is 5.33. The third kappa shape index (κ3) is 2.30. The van der Waals surface area contributed by atoms with Gasteiger partial charge in [-0.05, 0) is 24.6 Å². The predicted octanol–water partition coefficient (Wildman–Crippen LogP) is 2.57. The second-order valence-electron chi connectivity index (χ2n) is 3.86. The van der Waals surface area contributed by atoms with Gasteiger partial charge in [0.15, 0.2) is 0 Å². The van der Waals surface area contributed by atoms with Gasteiger partial charge in [0.25, 0.3) is 0 Å². The lowest BCUT2D eigenvalue weighted by molar-refractivity contribution is 0.415. The van der Waals surface area contributed by atoms with Crippen LogP contribution >= 0.6 is 11.6 Å². The maximum Gasteiger partial charge on any atom is 0.137 e. The van der Waals surface area contributed by atoms with E-state index < -0.39 is 0 Å². The lowest BCUT2D eigenvalue weighted by atomic mass is 10.0. The van der Waals surface area contributed by atoms with Crippen LogP contribution in [0.4, 0.5) is 0 Å². The molecule has 0 radical (unpaired) electrons. The van der Waals surface area contributed by atoms with Crippen molar-refractivity contribution in [1.29, 1.82) is 0 Å². The molecule has 0 atom stereocenters. The first-order valence-electron chi connectivity index (χ1n) is 5.51. The van der Waals surface area contributed by atoms with Gasteiger partial charge in [-0.15, -0.1) is 0 Å². The first-order chi connectivity index (χ1) is 8.67. The highest BCUT2D eigenvalue weighted by atomic mass is 35.5. The maximum atomic E-state index is 6.14. The van der Waals surface area contributed by atoms with Gasteiger partial charge in [-0.2, -0.15) is 0 Å². The number of hydrogen-bond acceptors (Lipinski definition) is 4. The van der Waals surface area contributed by atoms with E-state index in [2.05, 4.69) is 9.97 Å². The molecule has 1 aromatic carbocycles. The zero-order chi connectivity index (χ0) is 13.1. The predicted molar refractivity (Wildman–Crippen MR) is 71.7 cm³/mol. The van der Waals surface area contributed by atoms with Crippen LogP contribution < -0.4 is 10.5 Å². The summed E-state index contributed by atoms with van der Waals surface area (Å²) in [7, 11) is 1.59. The summed E-state index contributed by atoms with van der Waals surface area (Å²) in [6.45, 7) is 2.31. The number of benzene rings is 1. The van der Waals surface area contributed by atoms with Gasteiger partial charge >= 0.3 is 0 Å². The van der Waals surface area contributed by atoms with Crippen molar-refractivity contribution in [3.05, 3.63) is 40.8 Å². The summed E-state index contributed by atoms with van der Waals surface area (Å²) >= 11 is 6.14. The molecule has 0 amide bonds. The fraction of sp³-hybridized carbons (Fsp3) is 0.231. The number of aromatic nitrogens is 2. The second-order valence-corrected chi connectivity index (χ2v) is 4.26. The zero-order valence-electron chi connectivity index (χ0n) is 10.3. The van der Waals surface area contributed by atoms with Gasteiger partial charge in [0.05, 0.1) is 23.5 Å². The molecule has 0 saturated carbocycles. The molecule has 0 fully saturated rings. The van der Waals surface area contributed by atoms with Crippen LogP contribution in [0.1, 0.15) is 11.3 Å². The average molecular weight is 264 g/mol. The van der Waals surface area contributed by atoms with Crippen molar-refractivity contribution in [2.45, 2.75) is 13.5 Å².